The van der Waals surface area contributed by atoms with E-state index in [2.05, 4.69) is 21.2 Å². The molecule has 108 valence electrons. The molecule has 0 aliphatic carbocycles. The van der Waals surface area contributed by atoms with Gasteiger partial charge in [-0.1, -0.05) is 6.07 Å². The van der Waals surface area contributed by atoms with Gasteiger partial charge in [-0.3, -0.25) is 9.59 Å². The van der Waals surface area contributed by atoms with E-state index in [1.807, 2.05) is 0 Å². The van der Waals surface area contributed by atoms with Crippen LogP contribution in [-0.4, -0.2) is 11.8 Å². The van der Waals surface area contributed by atoms with Gasteiger partial charge in [0.2, 0.25) is 5.91 Å². The van der Waals surface area contributed by atoms with Gasteiger partial charge in [0.05, 0.1) is 4.47 Å². The predicted molar refractivity (Wildman–Crippen MR) is 81.8 cm³/mol. The van der Waals surface area contributed by atoms with Gasteiger partial charge in [0.15, 0.2) is 0 Å². The lowest BCUT2D eigenvalue weighted by atomic mass is 10.1. The maximum Gasteiger partial charge on any atom is 0.255 e. The zero-order chi connectivity index (χ0) is 15.6. The summed E-state index contributed by atoms with van der Waals surface area (Å²) >= 11 is 3.02. The first kappa shape index (κ1) is 15.2. The molecule has 0 fully saturated rings. The van der Waals surface area contributed by atoms with Crippen molar-refractivity contribution in [1.29, 1.82) is 0 Å². The summed E-state index contributed by atoms with van der Waals surface area (Å²) in [6.07, 6.45) is 0. The maximum atomic E-state index is 13.4. The number of halogens is 2. The van der Waals surface area contributed by atoms with E-state index in [0.717, 1.165) is 6.07 Å². The fourth-order valence-electron chi connectivity index (χ4n) is 1.87. The lowest BCUT2D eigenvalue weighted by Crippen LogP contribution is -2.17. The van der Waals surface area contributed by atoms with Gasteiger partial charge in [-0.15, -0.1) is 0 Å². The predicted octanol–water partition coefficient (Wildman–Crippen LogP) is 3.25. The Hall–Kier alpha value is -2.21. The van der Waals surface area contributed by atoms with Gasteiger partial charge in [0.25, 0.3) is 5.91 Å². The number of hydrogen-bond acceptors (Lipinski definition) is 2. The third-order valence-electron chi connectivity index (χ3n) is 3.03. The lowest BCUT2D eigenvalue weighted by Gasteiger charge is -2.11. The van der Waals surface area contributed by atoms with Crippen LogP contribution in [0.25, 0.3) is 0 Å². The normalized spacial score (nSPS) is 10.2. The van der Waals surface area contributed by atoms with Crippen LogP contribution in [0.4, 0.5) is 10.1 Å². The minimum Gasteiger partial charge on any atom is -0.366 e. The second kappa shape index (κ2) is 6.05. The van der Waals surface area contributed by atoms with Crippen LogP contribution >= 0.6 is 15.9 Å². The van der Waals surface area contributed by atoms with Gasteiger partial charge >= 0.3 is 0 Å². The van der Waals surface area contributed by atoms with Gasteiger partial charge in [-0.05, 0) is 58.7 Å². The molecular formula is C15H12BrFN2O2. The fourth-order valence-corrected chi connectivity index (χ4v) is 2.12. The van der Waals surface area contributed by atoms with E-state index < -0.39 is 17.6 Å². The van der Waals surface area contributed by atoms with Crippen LogP contribution in [0.2, 0.25) is 0 Å². The summed E-state index contributed by atoms with van der Waals surface area (Å²) in [5.74, 6) is -1.56. The first-order chi connectivity index (χ1) is 9.90. The topological polar surface area (TPSA) is 72.2 Å². The minimum atomic E-state index is -0.571. The molecule has 2 aromatic rings. The molecule has 2 rings (SSSR count). The molecule has 21 heavy (non-hydrogen) atoms. The number of nitrogens with one attached hydrogen (secondary N) is 1. The molecule has 0 saturated carbocycles. The molecule has 0 aliphatic rings. The average molecular weight is 351 g/mol. The first-order valence-corrected chi connectivity index (χ1v) is 6.85. The second-order valence-electron chi connectivity index (χ2n) is 4.43. The monoisotopic (exact) mass is 350 g/mol. The zero-order valence-electron chi connectivity index (χ0n) is 11.1. The highest BCUT2D eigenvalue weighted by Gasteiger charge is 2.13. The van der Waals surface area contributed by atoms with Gasteiger partial charge in [-0.25, -0.2) is 4.39 Å². The highest BCUT2D eigenvalue weighted by molar-refractivity contribution is 9.10. The summed E-state index contributed by atoms with van der Waals surface area (Å²) < 4.78 is 13.7. The van der Waals surface area contributed by atoms with Gasteiger partial charge in [0.1, 0.15) is 5.82 Å². The number of amides is 2. The van der Waals surface area contributed by atoms with Crippen molar-refractivity contribution < 1.29 is 14.0 Å². The number of anilines is 1. The molecule has 0 saturated heterocycles. The van der Waals surface area contributed by atoms with Crippen molar-refractivity contribution in [1.82, 2.24) is 0 Å². The Labute approximate surface area is 129 Å². The average Bonchev–Trinajstić information content (AvgIpc) is 2.43. The molecule has 0 aliphatic heterocycles. The smallest absolute Gasteiger partial charge is 0.255 e. The highest BCUT2D eigenvalue weighted by Crippen LogP contribution is 2.21. The Kier molecular flexibility index (Phi) is 4.37. The minimum absolute atomic E-state index is 0.180. The quantitative estimate of drug-likeness (QED) is 0.891. The number of benzene rings is 2. The number of carbonyl (C=O) groups excluding carboxylic acids is 2. The number of primary amides is 1. The molecule has 0 bridgehead atoms. The standard InChI is InChI=1S/C15H12BrFN2O2/c1-8-10(14(18)20)3-2-4-13(8)19-15(21)9-5-6-11(16)12(17)7-9/h2-7H,1H3,(H2,18,20)(H,19,21). The van der Waals surface area contributed by atoms with Gasteiger partial charge in [-0.2, -0.15) is 0 Å². The molecule has 0 radical (unpaired) electrons. The van der Waals surface area contributed by atoms with Crippen molar-refractivity contribution >= 4 is 33.4 Å². The van der Waals surface area contributed by atoms with E-state index in [1.54, 1.807) is 25.1 Å². The van der Waals surface area contributed by atoms with Crippen molar-refractivity contribution in [2.75, 3.05) is 5.32 Å². The fraction of sp³-hybridized carbons (Fsp3) is 0.0667. The van der Waals surface area contributed by atoms with Gasteiger partial charge < -0.3 is 11.1 Å². The van der Waals surface area contributed by atoms with E-state index in [9.17, 15) is 14.0 Å². The number of nitrogens with two attached hydrogens (primary N) is 1. The first-order valence-electron chi connectivity index (χ1n) is 6.06. The Morgan fingerprint density at radius 2 is 1.95 bits per heavy atom. The molecular weight excluding hydrogens is 339 g/mol. The molecule has 0 unspecified atom stereocenters. The Balaban J connectivity index is 2.29. The summed E-state index contributed by atoms with van der Waals surface area (Å²) in [6.45, 7) is 1.68. The van der Waals surface area contributed by atoms with E-state index in [4.69, 9.17) is 5.73 Å². The molecule has 3 N–H and O–H groups in total. The molecule has 0 spiro atoms. The van der Waals surface area contributed by atoms with Crippen molar-refractivity contribution in [2.45, 2.75) is 6.92 Å². The van der Waals surface area contributed by atoms with E-state index in [-0.39, 0.29) is 10.0 Å². The molecule has 0 atom stereocenters. The lowest BCUT2D eigenvalue weighted by molar-refractivity contribution is 0.0995. The molecule has 0 heterocycles. The van der Waals surface area contributed by atoms with E-state index >= 15 is 0 Å². The van der Waals surface area contributed by atoms with Gasteiger partial charge in [0, 0.05) is 16.8 Å². The van der Waals surface area contributed by atoms with Crippen molar-refractivity contribution in [2.24, 2.45) is 5.73 Å². The summed E-state index contributed by atoms with van der Waals surface area (Å²) in [4.78, 5) is 23.4. The molecule has 4 nitrogen and oxygen atoms in total. The van der Waals surface area contributed by atoms with Crippen LogP contribution in [0, 0.1) is 12.7 Å². The number of rotatable bonds is 3. The van der Waals surface area contributed by atoms with Crippen LogP contribution in [0.1, 0.15) is 26.3 Å². The molecule has 6 heteroatoms. The van der Waals surface area contributed by atoms with Crippen LogP contribution < -0.4 is 11.1 Å². The van der Waals surface area contributed by atoms with E-state index in [1.165, 1.54) is 12.1 Å². The summed E-state index contributed by atoms with van der Waals surface area (Å²) in [6, 6.07) is 8.92. The Morgan fingerprint density at radius 1 is 1.24 bits per heavy atom. The van der Waals surface area contributed by atoms with Crippen LogP contribution in [-0.2, 0) is 0 Å². The Morgan fingerprint density at radius 3 is 2.57 bits per heavy atom. The maximum absolute atomic E-state index is 13.4. The number of hydrogen-bond donors (Lipinski definition) is 2. The third-order valence-corrected chi connectivity index (χ3v) is 3.67. The highest BCUT2D eigenvalue weighted by atomic mass is 79.9. The Bertz CT molecular complexity index is 732. The largest absolute Gasteiger partial charge is 0.366 e. The van der Waals surface area contributed by atoms with Crippen LogP contribution in [0.5, 0.6) is 0 Å². The molecule has 0 aromatic heterocycles. The van der Waals surface area contributed by atoms with Crippen molar-refractivity contribution in [3.63, 3.8) is 0 Å². The SMILES string of the molecule is Cc1c(NC(=O)c2ccc(Br)c(F)c2)cccc1C(N)=O. The van der Waals surface area contributed by atoms with Crippen molar-refractivity contribution in [3.8, 4) is 0 Å². The molecule has 2 aromatic carbocycles. The van der Waals surface area contributed by atoms with Crippen molar-refractivity contribution in [3.05, 3.63) is 63.4 Å². The molecule has 2 amide bonds. The third kappa shape index (κ3) is 3.28. The summed E-state index contributed by atoms with van der Waals surface area (Å²) in [7, 11) is 0. The zero-order valence-corrected chi connectivity index (χ0v) is 12.7. The number of carbonyl (C=O) groups is 2. The van der Waals surface area contributed by atoms with E-state index in [0.29, 0.717) is 16.8 Å². The van der Waals surface area contributed by atoms with Crippen LogP contribution in [0.3, 0.4) is 0 Å². The van der Waals surface area contributed by atoms with Crippen LogP contribution in [0.15, 0.2) is 40.9 Å². The summed E-state index contributed by atoms with van der Waals surface area (Å²) in [5.41, 5.74) is 6.79. The second-order valence-corrected chi connectivity index (χ2v) is 5.28. The summed E-state index contributed by atoms with van der Waals surface area (Å²) in [5, 5.41) is 2.64.